The lowest BCUT2D eigenvalue weighted by Crippen LogP contribution is -2.24. The Hall–Kier alpha value is -4.27. The second kappa shape index (κ2) is 9.90. The van der Waals surface area contributed by atoms with Crippen molar-refractivity contribution in [1.29, 1.82) is 0 Å². The third-order valence-corrected chi connectivity index (χ3v) is 4.93. The second-order valence-corrected chi connectivity index (χ2v) is 7.44. The molecule has 2 heterocycles. The van der Waals surface area contributed by atoms with E-state index in [2.05, 4.69) is 25.9 Å². The first kappa shape index (κ1) is 21.9. The van der Waals surface area contributed by atoms with Crippen LogP contribution in [0.4, 0.5) is 15.9 Å². The number of nitrogens with zero attached hydrogens (tertiary/aromatic N) is 4. The molecule has 8 nitrogen and oxygen atoms in total. The number of methoxy groups -OCH3 is 1. The lowest BCUT2D eigenvalue weighted by Gasteiger charge is -2.14. The second-order valence-electron chi connectivity index (χ2n) is 7.44. The van der Waals surface area contributed by atoms with E-state index in [1.807, 2.05) is 25.1 Å². The molecule has 0 atom stereocenters. The van der Waals surface area contributed by atoms with Gasteiger partial charge in [-0.1, -0.05) is 23.4 Å². The largest absolute Gasteiger partial charge is 0.495 e. The molecule has 0 radical (unpaired) electrons. The highest BCUT2D eigenvalue weighted by Gasteiger charge is 2.15. The Labute approximate surface area is 190 Å². The summed E-state index contributed by atoms with van der Waals surface area (Å²) in [6.45, 7) is 2.63. The van der Waals surface area contributed by atoms with Crippen molar-refractivity contribution in [2.45, 2.75) is 20.0 Å². The molecule has 0 bridgehead atoms. The topological polar surface area (TPSA) is 94.0 Å². The Bertz CT molecular complexity index is 1260. The monoisotopic (exact) mass is 446 g/mol. The Balaban J connectivity index is 1.42. The molecule has 33 heavy (non-hydrogen) atoms. The van der Waals surface area contributed by atoms with Crippen molar-refractivity contribution in [2.75, 3.05) is 12.4 Å². The van der Waals surface area contributed by atoms with Crippen molar-refractivity contribution in [2.24, 2.45) is 0 Å². The van der Waals surface area contributed by atoms with Crippen molar-refractivity contribution < 1.29 is 13.9 Å². The fourth-order valence-corrected chi connectivity index (χ4v) is 3.27. The van der Waals surface area contributed by atoms with E-state index in [1.165, 1.54) is 12.1 Å². The molecule has 4 rings (SSSR count). The lowest BCUT2D eigenvalue weighted by molar-refractivity contribution is 0.0951. The maximum atomic E-state index is 13.1. The summed E-state index contributed by atoms with van der Waals surface area (Å²) in [7, 11) is 1.59. The smallest absolute Gasteiger partial charge is 0.255 e. The van der Waals surface area contributed by atoms with Crippen molar-refractivity contribution in [3.8, 4) is 5.75 Å². The molecule has 9 heteroatoms. The van der Waals surface area contributed by atoms with Gasteiger partial charge in [-0.3, -0.25) is 4.79 Å². The summed E-state index contributed by atoms with van der Waals surface area (Å²) in [4.78, 5) is 17.2. The van der Waals surface area contributed by atoms with E-state index in [9.17, 15) is 9.18 Å². The quantitative estimate of drug-likeness (QED) is 0.427. The zero-order chi connectivity index (χ0) is 23.2. The molecule has 0 aliphatic heterocycles. The van der Waals surface area contributed by atoms with Crippen LogP contribution < -0.4 is 15.4 Å². The number of anilines is 2. The van der Waals surface area contributed by atoms with Crippen LogP contribution in [0.2, 0.25) is 0 Å². The Kier molecular flexibility index (Phi) is 6.58. The molecule has 168 valence electrons. The van der Waals surface area contributed by atoms with E-state index in [0.717, 1.165) is 11.1 Å². The predicted octanol–water partition coefficient (Wildman–Crippen LogP) is 3.85. The van der Waals surface area contributed by atoms with Gasteiger partial charge < -0.3 is 15.4 Å². The van der Waals surface area contributed by atoms with Crippen LogP contribution in [0.15, 0.2) is 67.0 Å². The predicted molar refractivity (Wildman–Crippen MR) is 122 cm³/mol. The molecule has 4 aromatic rings. The Morgan fingerprint density at radius 1 is 1.15 bits per heavy atom. The van der Waals surface area contributed by atoms with Crippen LogP contribution in [0.25, 0.3) is 0 Å². The Morgan fingerprint density at radius 2 is 1.97 bits per heavy atom. The number of ether oxygens (including phenoxy) is 1. The van der Waals surface area contributed by atoms with Crippen LogP contribution in [-0.4, -0.2) is 33.0 Å². The van der Waals surface area contributed by atoms with Gasteiger partial charge in [-0.15, -0.1) is 5.10 Å². The maximum Gasteiger partial charge on any atom is 0.255 e. The van der Waals surface area contributed by atoms with Crippen LogP contribution in [-0.2, 0) is 13.1 Å². The minimum absolute atomic E-state index is 0.199. The van der Waals surface area contributed by atoms with Crippen LogP contribution in [0, 0.1) is 12.7 Å². The molecule has 2 aromatic carbocycles. The highest BCUT2D eigenvalue weighted by atomic mass is 19.1. The maximum absolute atomic E-state index is 13.1. The number of aromatic nitrogens is 4. The molecule has 0 aliphatic rings. The summed E-state index contributed by atoms with van der Waals surface area (Å²) in [5.74, 6) is 0.477. The normalized spacial score (nSPS) is 10.6. The average Bonchev–Trinajstić information content (AvgIpc) is 3.27. The summed E-state index contributed by atoms with van der Waals surface area (Å²) >= 11 is 0. The molecule has 0 fully saturated rings. The number of carbonyl (C=O) groups is 1. The van der Waals surface area contributed by atoms with E-state index in [1.54, 1.807) is 48.5 Å². The number of hydrogen-bond acceptors (Lipinski definition) is 6. The van der Waals surface area contributed by atoms with Crippen LogP contribution >= 0.6 is 0 Å². The summed E-state index contributed by atoms with van der Waals surface area (Å²) < 4.78 is 20.1. The number of amides is 1. The summed E-state index contributed by atoms with van der Waals surface area (Å²) in [6, 6.07) is 15.3. The first-order valence-corrected chi connectivity index (χ1v) is 10.3. The third-order valence-electron chi connectivity index (χ3n) is 4.93. The standard InChI is InChI=1S/C24H23FN6O2/c1-16-5-10-22(33-2)21(12-16)28-23-20(4-3-11-26-23)24(32)27-13-19-15-31(30-29-19)14-17-6-8-18(25)9-7-17/h3-12,15H,13-14H2,1-2H3,(H,26,28)(H,27,32). The summed E-state index contributed by atoms with van der Waals surface area (Å²) in [5, 5.41) is 14.2. The van der Waals surface area contributed by atoms with Crippen molar-refractivity contribution in [3.05, 3.63) is 95.2 Å². The zero-order valence-corrected chi connectivity index (χ0v) is 18.2. The number of aryl methyl sites for hydroxylation is 1. The number of halogens is 1. The number of pyridine rings is 1. The van der Waals surface area contributed by atoms with Gasteiger partial charge in [-0.05, 0) is 54.4 Å². The fourth-order valence-electron chi connectivity index (χ4n) is 3.27. The minimum atomic E-state index is -0.301. The zero-order valence-electron chi connectivity index (χ0n) is 18.2. The average molecular weight is 446 g/mol. The third kappa shape index (κ3) is 5.51. The number of benzene rings is 2. The Morgan fingerprint density at radius 3 is 2.76 bits per heavy atom. The molecule has 0 spiro atoms. The van der Waals surface area contributed by atoms with E-state index < -0.39 is 0 Å². The van der Waals surface area contributed by atoms with Crippen LogP contribution in [0.5, 0.6) is 5.75 Å². The van der Waals surface area contributed by atoms with Gasteiger partial charge in [0.1, 0.15) is 23.1 Å². The SMILES string of the molecule is COc1ccc(C)cc1Nc1ncccc1C(=O)NCc1cn(Cc2ccc(F)cc2)nn1. The minimum Gasteiger partial charge on any atom is -0.495 e. The molecule has 0 saturated carbocycles. The first-order chi connectivity index (χ1) is 16.0. The van der Waals surface area contributed by atoms with Gasteiger partial charge in [0.05, 0.1) is 37.6 Å². The van der Waals surface area contributed by atoms with E-state index in [4.69, 9.17) is 4.74 Å². The van der Waals surface area contributed by atoms with Gasteiger partial charge in [0.25, 0.3) is 5.91 Å². The molecule has 0 unspecified atom stereocenters. The first-order valence-electron chi connectivity index (χ1n) is 10.3. The highest BCUT2D eigenvalue weighted by molar-refractivity contribution is 5.99. The number of rotatable bonds is 8. The van der Waals surface area contributed by atoms with Gasteiger partial charge in [0, 0.05) is 6.20 Å². The van der Waals surface area contributed by atoms with Gasteiger partial charge in [-0.2, -0.15) is 0 Å². The molecule has 1 amide bonds. The molecule has 0 aliphatic carbocycles. The fraction of sp³-hybridized carbons (Fsp3) is 0.167. The van der Waals surface area contributed by atoms with Gasteiger partial charge in [0.15, 0.2) is 0 Å². The molecule has 2 aromatic heterocycles. The van der Waals surface area contributed by atoms with Gasteiger partial charge in [-0.25, -0.2) is 14.1 Å². The number of nitrogens with one attached hydrogen (secondary N) is 2. The molecule has 2 N–H and O–H groups in total. The van der Waals surface area contributed by atoms with Crippen molar-refractivity contribution in [3.63, 3.8) is 0 Å². The number of hydrogen-bond donors (Lipinski definition) is 2. The molecule has 0 saturated heterocycles. The van der Waals surface area contributed by atoms with Crippen LogP contribution in [0.3, 0.4) is 0 Å². The van der Waals surface area contributed by atoms with Crippen LogP contribution in [0.1, 0.15) is 27.2 Å². The van der Waals surface area contributed by atoms with Crippen molar-refractivity contribution >= 4 is 17.4 Å². The lowest BCUT2D eigenvalue weighted by atomic mass is 10.2. The van der Waals surface area contributed by atoms with Gasteiger partial charge in [0.2, 0.25) is 0 Å². The van der Waals surface area contributed by atoms with Crippen molar-refractivity contribution in [1.82, 2.24) is 25.3 Å². The van der Waals surface area contributed by atoms with E-state index in [0.29, 0.717) is 35.1 Å². The van der Waals surface area contributed by atoms with E-state index >= 15 is 0 Å². The molecular formula is C24H23FN6O2. The number of carbonyl (C=O) groups excluding carboxylic acids is 1. The molecular weight excluding hydrogens is 423 g/mol. The summed E-state index contributed by atoms with van der Waals surface area (Å²) in [5.41, 5.74) is 3.65. The van der Waals surface area contributed by atoms with E-state index in [-0.39, 0.29) is 18.3 Å². The summed E-state index contributed by atoms with van der Waals surface area (Å²) in [6.07, 6.45) is 3.35. The highest BCUT2D eigenvalue weighted by Crippen LogP contribution is 2.29. The van der Waals surface area contributed by atoms with Gasteiger partial charge >= 0.3 is 0 Å².